The summed E-state index contributed by atoms with van der Waals surface area (Å²) in [4.78, 5) is 22.3. The molecule has 5 N–H and O–H groups in total. The predicted octanol–water partition coefficient (Wildman–Crippen LogP) is -0.519. The van der Waals surface area contributed by atoms with Crippen LogP contribution in [-0.4, -0.2) is 23.5 Å². The van der Waals surface area contributed by atoms with Gasteiger partial charge in [-0.3, -0.25) is 9.59 Å². The van der Waals surface area contributed by atoms with E-state index >= 15 is 0 Å². The average molecular weight is 214 g/mol. The van der Waals surface area contributed by atoms with Crippen molar-refractivity contribution in [1.82, 2.24) is 0 Å². The summed E-state index contributed by atoms with van der Waals surface area (Å²) in [5, 5.41) is 8.71. The minimum absolute atomic E-state index is 0.102. The molecule has 1 heterocycles. The molecule has 0 saturated carbocycles. The van der Waals surface area contributed by atoms with E-state index < -0.39 is 11.8 Å². The summed E-state index contributed by atoms with van der Waals surface area (Å²) >= 11 is 0.955. The van der Waals surface area contributed by atoms with Gasteiger partial charge in [0.05, 0.1) is 9.75 Å². The molecule has 0 aliphatic carbocycles. The minimum atomic E-state index is -0.606. The molecule has 6 heteroatoms. The van der Waals surface area contributed by atoms with E-state index in [0.29, 0.717) is 12.0 Å². The second-order valence-electron chi connectivity index (χ2n) is 2.67. The van der Waals surface area contributed by atoms with Gasteiger partial charge in [-0.25, -0.2) is 0 Å². The van der Waals surface area contributed by atoms with Gasteiger partial charge in [0.25, 0.3) is 11.8 Å². The van der Waals surface area contributed by atoms with E-state index in [9.17, 15) is 9.59 Å². The fourth-order valence-corrected chi connectivity index (χ4v) is 1.98. The van der Waals surface area contributed by atoms with E-state index in [4.69, 9.17) is 16.6 Å². The molecule has 0 aliphatic rings. The van der Waals surface area contributed by atoms with E-state index in [1.165, 1.54) is 6.07 Å². The second kappa shape index (κ2) is 4.21. The van der Waals surface area contributed by atoms with Crippen molar-refractivity contribution in [1.29, 1.82) is 0 Å². The van der Waals surface area contributed by atoms with Crippen molar-refractivity contribution in [3.8, 4) is 0 Å². The Bertz CT molecular complexity index is 373. The molecule has 0 saturated heterocycles. The zero-order chi connectivity index (χ0) is 10.7. The van der Waals surface area contributed by atoms with Crippen molar-refractivity contribution in [2.75, 3.05) is 6.61 Å². The predicted molar refractivity (Wildman–Crippen MR) is 52.1 cm³/mol. The molecular weight excluding hydrogens is 204 g/mol. The lowest BCUT2D eigenvalue weighted by atomic mass is 10.2. The molecular formula is C8H10N2O3S. The maximum Gasteiger partial charge on any atom is 0.259 e. The number of hydrogen-bond acceptors (Lipinski definition) is 4. The first-order valence-corrected chi connectivity index (χ1v) is 4.71. The lowest BCUT2D eigenvalue weighted by Crippen LogP contribution is -2.11. The molecule has 1 rings (SSSR count). The zero-order valence-corrected chi connectivity index (χ0v) is 8.13. The lowest BCUT2D eigenvalue weighted by Gasteiger charge is -1.95. The number of carbonyl (C=O) groups excluding carboxylic acids is 2. The number of nitrogens with two attached hydrogens (primary N) is 2. The number of hydrogen-bond donors (Lipinski definition) is 3. The summed E-state index contributed by atoms with van der Waals surface area (Å²) in [6.07, 6.45) is 0.294. The Labute approximate surface area is 84.3 Å². The Kier molecular flexibility index (Phi) is 3.21. The maximum absolute atomic E-state index is 10.9. The van der Waals surface area contributed by atoms with Crippen molar-refractivity contribution in [3.63, 3.8) is 0 Å². The van der Waals surface area contributed by atoms with Crippen LogP contribution in [0.15, 0.2) is 6.07 Å². The fourth-order valence-electron chi connectivity index (χ4n) is 1.06. The minimum Gasteiger partial charge on any atom is -0.396 e. The Morgan fingerprint density at radius 3 is 2.43 bits per heavy atom. The number of aliphatic hydroxyl groups excluding tert-OH is 1. The Morgan fingerprint density at radius 1 is 1.36 bits per heavy atom. The average Bonchev–Trinajstić information content (AvgIpc) is 2.49. The maximum atomic E-state index is 10.9. The van der Waals surface area contributed by atoms with Gasteiger partial charge in [-0.15, -0.1) is 11.3 Å². The summed E-state index contributed by atoms with van der Waals surface area (Å²) in [6, 6.07) is 1.49. The van der Waals surface area contributed by atoms with Crippen molar-refractivity contribution in [2.24, 2.45) is 11.5 Å². The molecule has 1 aromatic rings. The summed E-state index contributed by atoms with van der Waals surface area (Å²) in [6.45, 7) is -0.102. The van der Waals surface area contributed by atoms with E-state index in [1.807, 2.05) is 0 Å². The van der Waals surface area contributed by atoms with E-state index in [1.54, 1.807) is 0 Å². The van der Waals surface area contributed by atoms with Crippen LogP contribution in [-0.2, 0) is 6.42 Å². The molecule has 0 unspecified atom stereocenters. The molecule has 0 fully saturated rings. The molecule has 2 amide bonds. The highest BCUT2D eigenvalue weighted by Gasteiger charge is 2.15. The number of rotatable bonds is 4. The zero-order valence-electron chi connectivity index (χ0n) is 7.32. The number of carbonyl (C=O) groups is 2. The van der Waals surface area contributed by atoms with Gasteiger partial charge in [0.1, 0.15) is 0 Å². The van der Waals surface area contributed by atoms with E-state index in [-0.39, 0.29) is 16.4 Å². The third-order valence-electron chi connectivity index (χ3n) is 1.66. The first-order valence-electron chi connectivity index (χ1n) is 3.89. The van der Waals surface area contributed by atoms with Crippen LogP contribution in [0.3, 0.4) is 0 Å². The van der Waals surface area contributed by atoms with Crippen molar-refractivity contribution < 1.29 is 14.7 Å². The topological polar surface area (TPSA) is 106 Å². The van der Waals surface area contributed by atoms with Crippen LogP contribution in [0.2, 0.25) is 0 Å². The van der Waals surface area contributed by atoms with Crippen LogP contribution >= 0.6 is 11.3 Å². The number of amides is 2. The van der Waals surface area contributed by atoms with E-state index in [2.05, 4.69) is 0 Å². The van der Waals surface area contributed by atoms with Gasteiger partial charge in [-0.05, 0) is 18.1 Å². The van der Waals surface area contributed by atoms with Crippen LogP contribution in [0.5, 0.6) is 0 Å². The summed E-state index contributed by atoms with van der Waals surface area (Å²) in [7, 11) is 0. The molecule has 0 bridgehead atoms. The Morgan fingerprint density at radius 2 is 2.00 bits per heavy atom. The number of primary amides is 2. The quantitative estimate of drug-likeness (QED) is 0.627. The molecule has 0 spiro atoms. The van der Waals surface area contributed by atoms with Crippen LogP contribution in [0.4, 0.5) is 0 Å². The highest BCUT2D eigenvalue weighted by molar-refractivity contribution is 7.16. The first-order chi connectivity index (χ1) is 6.56. The Hall–Kier alpha value is -1.40. The van der Waals surface area contributed by atoms with Crippen LogP contribution in [0, 0.1) is 0 Å². The van der Waals surface area contributed by atoms with Crippen LogP contribution < -0.4 is 11.5 Å². The molecule has 0 atom stereocenters. The Balaban J connectivity index is 3.12. The smallest absolute Gasteiger partial charge is 0.259 e. The van der Waals surface area contributed by atoms with Gasteiger partial charge in [0, 0.05) is 6.61 Å². The summed E-state index contributed by atoms with van der Waals surface area (Å²) in [5.74, 6) is -1.20. The largest absolute Gasteiger partial charge is 0.396 e. The third kappa shape index (κ3) is 2.09. The fraction of sp³-hybridized carbons (Fsp3) is 0.250. The molecule has 1 aromatic heterocycles. The highest BCUT2D eigenvalue weighted by atomic mass is 32.1. The van der Waals surface area contributed by atoms with Crippen LogP contribution in [0.1, 0.15) is 24.9 Å². The second-order valence-corrected chi connectivity index (χ2v) is 3.72. The van der Waals surface area contributed by atoms with Gasteiger partial charge < -0.3 is 16.6 Å². The molecule has 14 heavy (non-hydrogen) atoms. The van der Waals surface area contributed by atoms with Gasteiger partial charge in [0.2, 0.25) is 0 Å². The SMILES string of the molecule is NC(=O)c1cc(CCO)c(C(N)=O)s1. The monoisotopic (exact) mass is 214 g/mol. The van der Waals surface area contributed by atoms with Gasteiger partial charge in [-0.1, -0.05) is 0 Å². The first kappa shape index (κ1) is 10.7. The van der Waals surface area contributed by atoms with Crippen molar-refractivity contribution >= 4 is 23.2 Å². The third-order valence-corrected chi connectivity index (χ3v) is 2.86. The summed E-state index contributed by atoms with van der Waals surface area (Å²) < 4.78 is 0. The van der Waals surface area contributed by atoms with Gasteiger partial charge in [-0.2, -0.15) is 0 Å². The molecule has 0 radical (unpaired) electrons. The normalized spacial score (nSPS) is 10.1. The number of aliphatic hydroxyl groups is 1. The standard InChI is InChI=1S/C8H10N2O3S/c9-7(12)5-3-4(1-2-11)6(14-5)8(10)13/h3,11H,1-2H2,(H2,9,12)(H2,10,13). The molecule has 76 valence electrons. The molecule has 0 aromatic carbocycles. The van der Waals surface area contributed by atoms with E-state index in [0.717, 1.165) is 11.3 Å². The lowest BCUT2D eigenvalue weighted by molar-refractivity contribution is 0.0996. The van der Waals surface area contributed by atoms with Crippen molar-refractivity contribution in [2.45, 2.75) is 6.42 Å². The highest BCUT2D eigenvalue weighted by Crippen LogP contribution is 2.22. The number of thiophene rings is 1. The molecule has 0 aliphatic heterocycles. The van der Waals surface area contributed by atoms with Crippen LogP contribution in [0.25, 0.3) is 0 Å². The van der Waals surface area contributed by atoms with Crippen molar-refractivity contribution in [3.05, 3.63) is 21.4 Å². The molecule has 5 nitrogen and oxygen atoms in total. The summed E-state index contributed by atoms with van der Waals surface area (Å²) in [5.41, 5.74) is 10.7. The van der Waals surface area contributed by atoms with Gasteiger partial charge in [0.15, 0.2) is 0 Å². The van der Waals surface area contributed by atoms with Gasteiger partial charge >= 0.3 is 0 Å².